The van der Waals surface area contributed by atoms with E-state index in [-0.39, 0.29) is 64.9 Å². The molecule has 0 atom stereocenters. The summed E-state index contributed by atoms with van der Waals surface area (Å²) in [5.41, 5.74) is 0. The van der Waals surface area contributed by atoms with E-state index in [1.54, 1.807) is 0 Å². The summed E-state index contributed by atoms with van der Waals surface area (Å²) in [6.45, 7) is 3.11. The van der Waals surface area contributed by atoms with Gasteiger partial charge in [-0.2, -0.15) is 8.42 Å². The zero-order valence-electron chi connectivity index (χ0n) is 8.84. The fourth-order valence-corrected chi connectivity index (χ4v) is 0.447. The van der Waals surface area contributed by atoms with Gasteiger partial charge < -0.3 is 18.8 Å². The molecule has 0 radical (unpaired) electrons. The van der Waals surface area contributed by atoms with Crippen molar-refractivity contribution in [3.05, 3.63) is 12.7 Å². The van der Waals surface area contributed by atoms with Crippen molar-refractivity contribution in [1.29, 1.82) is 0 Å². The van der Waals surface area contributed by atoms with E-state index in [0.717, 1.165) is 13.2 Å². The van der Waals surface area contributed by atoms with Gasteiger partial charge in [0, 0.05) is 7.11 Å². The molecule has 0 aliphatic carbocycles. The summed E-state index contributed by atoms with van der Waals surface area (Å²) in [4.78, 5) is 26.4. The predicted molar refractivity (Wildman–Crippen MR) is 41.6 cm³/mol. The maximum atomic E-state index is 9.72. The minimum atomic E-state index is -4.63. The quantitative estimate of drug-likeness (QED) is 0.297. The summed E-state index contributed by atoms with van der Waals surface area (Å²) in [6, 6.07) is 0. The molecular weight excluding hydrogens is 266 g/mol. The molecule has 7 nitrogen and oxygen atoms in total. The van der Waals surface area contributed by atoms with Gasteiger partial charge in [0.1, 0.15) is 9.05 Å². The second-order valence-electron chi connectivity index (χ2n) is 1.77. The normalized spacial score (nSPS) is 9.93. The first-order valence-corrected chi connectivity index (χ1v) is 6.15. The third-order valence-electron chi connectivity index (χ3n) is 0.586. The molecule has 0 rings (SSSR count). The first-order valence-electron chi connectivity index (χ1n) is 2.87. The van der Waals surface area contributed by atoms with Crippen LogP contribution in [0.1, 0.15) is 0 Å². The van der Waals surface area contributed by atoms with Crippen molar-refractivity contribution in [2.75, 3.05) is 12.9 Å². The molecule has 0 aromatic carbocycles. The molecule has 0 amide bonds. The molecule has 11 heteroatoms. The van der Waals surface area contributed by atoms with Crippen molar-refractivity contribution in [3.8, 4) is 0 Å². The number of hydrogen-bond donors (Lipinski definition) is 2. The Labute approximate surface area is 134 Å². The van der Waals surface area contributed by atoms with Gasteiger partial charge in [0.05, 0.1) is 5.75 Å². The van der Waals surface area contributed by atoms with Gasteiger partial charge in [-0.25, -0.2) is 0 Å². The zero-order chi connectivity index (χ0) is 11.1. The minimum Gasteiger partial charge on any atom is -0.828 e. The molecular formula is C4H10Na2O7SSi. The number of rotatable bonds is 3. The van der Waals surface area contributed by atoms with Crippen LogP contribution in [-0.2, 0) is 14.5 Å². The molecule has 0 aliphatic rings. The SMILES string of the molecule is C=CCS(=O)(=O)O.CO[Si]([O-])([O-])O.[Na+].[Na+]. The van der Waals surface area contributed by atoms with Crippen LogP contribution in [0.15, 0.2) is 12.7 Å². The molecule has 0 fully saturated rings. The Hall–Kier alpha value is 1.71. The van der Waals surface area contributed by atoms with Crippen LogP contribution in [0.4, 0.5) is 0 Å². The molecule has 2 N–H and O–H groups in total. The van der Waals surface area contributed by atoms with Crippen LogP contribution in [0.2, 0.25) is 0 Å². The topological polar surface area (TPSA) is 130 Å². The monoisotopic (exact) mass is 276 g/mol. The molecule has 0 aliphatic heterocycles. The fraction of sp³-hybridized carbons (Fsp3) is 0.500. The maximum absolute atomic E-state index is 9.72. The van der Waals surface area contributed by atoms with E-state index >= 15 is 0 Å². The molecule has 0 heterocycles. The van der Waals surface area contributed by atoms with Gasteiger partial charge in [0.25, 0.3) is 10.1 Å². The van der Waals surface area contributed by atoms with Crippen LogP contribution in [0, 0.1) is 0 Å². The van der Waals surface area contributed by atoms with E-state index in [9.17, 15) is 18.0 Å². The van der Waals surface area contributed by atoms with Gasteiger partial charge in [-0.3, -0.25) is 4.55 Å². The van der Waals surface area contributed by atoms with Crippen molar-refractivity contribution >= 4 is 19.2 Å². The summed E-state index contributed by atoms with van der Waals surface area (Å²) in [6.07, 6.45) is 1.12. The molecule has 0 unspecified atom stereocenters. The third-order valence-corrected chi connectivity index (χ3v) is 1.76. The zero-order valence-corrected chi connectivity index (χ0v) is 14.7. The summed E-state index contributed by atoms with van der Waals surface area (Å²) < 4.78 is 30.9. The van der Waals surface area contributed by atoms with Crippen molar-refractivity contribution in [2.24, 2.45) is 0 Å². The first-order chi connectivity index (χ1) is 5.62. The van der Waals surface area contributed by atoms with E-state index in [0.29, 0.717) is 0 Å². The Bertz CT molecular complexity index is 236. The molecule has 0 spiro atoms. The molecule has 0 saturated heterocycles. The Kier molecular flexibility index (Phi) is 20.7. The van der Waals surface area contributed by atoms with Gasteiger partial charge in [-0.15, -0.1) is 6.58 Å². The largest absolute Gasteiger partial charge is 1.00 e. The van der Waals surface area contributed by atoms with E-state index in [1.807, 2.05) is 0 Å². The van der Waals surface area contributed by atoms with Crippen LogP contribution in [0.5, 0.6) is 0 Å². The number of hydrogen-bond acceptors (Lipinski definition) is 6. The van der Waals surface area contributed by atoms with Gasteiger partial charge in [0.15, 0.2) is 0 Å². The molecule has 0 saturated carbocycles. The summed E-state index contributed by atoms with van der Waals surface area (Å²) in [7, 11) is -7.53. The Balaban J connectivity index is -0.0000000718. The molecule has 0 aromatic heterocycles. The molecule has 0 aromatic rings. The van der Waals surface area contributed by atoms with Gasteiger partial charge in [-0.1, -0.05) is 6.08 Å². The Morgan fingerprint density at radius 3 is 1.73 bits per heavy atom. The Morgan fingerprint density at radius 2 is 1.73 bits per heavy atom. The smallest absolute Gasteiger partial charge is 0.828 e. The van der Waals surface area contributed by atoms with Gasteiger partial charge in [-0.05, 0) is 0 Å². The Morgan fingerprint density at radius 1 is 1.47 bits per heavy atom. The average Bonchev–Trinajstić information content (AvgIpc) is 1.84. The first kappa shape index (κ1) is 25.5. The van der Waals surface area contributed by atoms with Crippen LogP contribution in [-0.4, -0.2) is 39.7 Å². The summed E-state index contributed by atoms with van der Waals surface area (Å²) in [5.74, 6) is -0.368. The molecule has 0 bridgehead atoms. The van der Waals surface area contributed by atoms with E-state index < -0.39 is 19.2 Å². The average molecular weight is 276 g/mol. The van der Waals surface area contributed by atoms with Crippen molar-refractivity contribution < 1.29 is 90.9 Å². The predicted octanol–water partition coefficient (Wildman–Crippen LogP) is -9.15. The van der Waals surface area contributed by atoms with E-state index in [2.05, 4.69) is 11.0 Å². The fourth-order valence-electron chi connectivity index (χ4n) is 0.149. The van der Waals surface area contributed by atoms with Gasteiger partial charge >= 0.3 is 59.1 Å². The second kappa shape index (κ2) is 12.2. The maximum Gasteiger partial charge on any atom is 1.00 e. The minimum absolute atomic E-state index is 0. The standard InChI is InChI=1S/C3H6O3S.CH4O4Si.2Na/c1-2-3-7(4,5)6;1-5-6(2,3)4;;/h2H,1,3H2,(H,4,5,6);2H,1H3;;/q;-2;2*+1. The van der Waals surface area contributed by atoms with E-state index in [4.69, 9.17) is 9.35 Å². The van der Waals surface area contributed by atoms with Crippen molar-refractivity contribution in [2.45, 2.75) is 0 Å². The van der Waals surface area contributed by atoms with Gasteiger partial charge in [0.2, 0.25) is 0 Å². The molecule has 80 valence electrons. The molecule has 15 heavy (non-hydrogen) atoms. The second-order valence-corrected chi connectivity index (χ2v) is 4.72. The van der Waals surface area contributed by atoms with Crippen molar-refractivity contribution in [3.63, 3.8) is 0 Å². The summed E-state index contributed by atoms with van der Waals surface area (Å²) in [5, 5.41) is 0. The van der Waals surface area contributed by atoms with Crippen LogP contribution >= 0.6 is 0 Å². The van der Waals surface area contributed by atoms with Crippen LogP contribution in [0.25, 0.3) is 0 Å². The van der Waals surface area contributed by atoms with Crippen LogP contribution in [0.3, 0.4) is 0 Å². The summed E-state index contributed by atoms with van der Waals surface area (Å²) >= 11 is 0. The van der Waals surface area contributed by atoms with E-state index in [1.165, 1.54) is 0 Å². The van der Waals surface area contributed by atoms with Crippen molar-refractivity contribution in [1.82, 2.24) is 0 Å². The van der Waals surface area contributed by atoms with Crippen LogP contribution < -0.4 is 68.7 Å². The third kappa shape index (κ3) is 38.9.